The van der Waals surface area contributed by atoms with Gasteiger partial charge in [-0.05, 0) is 65.8 Å². The van der Waals surface area contributed by atoms with Crippen LogP contribution in [0.4, 0.5) is 0 Å². The molecule has 2 aromatic heterocycles. The maximum Gasteiger partial charge on any atom is 0.0499 e. The molecule has 0 radical (unpaired) electrons. The maximum absolute atomic E-state index is 6.55. The van der Waals surface area contributed by atoms with Gasteiger partial charge in [-0.2, -0.15) is 0 Å². The van der Waals surface area contributed by atoms with E-state index in [0.717, 1.165) is 11.4 Å². The lowest BCUT2D eigenvalue weighted by Crippen LogP contribution is -2.06. The SMILES string of the molecule is C[C@H]1C=Cc2c(sc3c2CC(c2ccc4sc5cccc(Cl)c5c4c2)C=C3)C1. The number of allylic oxidation sites excluding steroid dienone is 2. The second kappa shape index (κ2) is 6.32. The van der Waals surface area contributed by atoms with Gasteiger partial charge >= 0.3 is 0 Å². The fourth-order valence-corrected chi connectivity index (χ4v) is 7.43. The summed E-state index contributed by atoms with van der Waals surface area (Å²) < 4.78 is 2.59. The first-order chi connectivity index (χ1) is 13.7. The van der Waals surface area contributed by atoms with E-state index in [1.807, 2.05) is 34.8 Å². The molecule has 138 valence electrons. The van der Waals surface area contributed by atoms with Gasteiger partial charge in [-0.25, -0.2) is 0 Å². The maximum atomic E-state index is 6.55. The molecule has 2 aromatic carbocycles. The van der Waals surface area contributed by atoms with Crippen LogP contribution in [0.25, 0.3) is 32.3 Å². The summed E-state index contributed by atoms with van der Waals surface area (Å²) in [6.07, 6.45) is 11.8. The molecule has 0 nitrogen and oxygen atoms in total. The number of rotatable bonds is 1. The third kappa shape index (κ3) is 2.55. The molecule has 0 saturated carbocycles. The first kappa shape index (κ1) is 17.0. The Balaban J connectivity index is 1.44. The predicted octanol–water partition coefficient (Wildman–Crippen LogP) is 8.33. The van der Waals surface area contributed by atoms with Crippen LogP contribution >= 0.6 is 34.3 Å². The lowest BCUT2D eigenvalue weighted by Gasteiger charge is -2.19. The van der Waals surface area contributed by atoms with E-state index in [0.29, 0.717) is 11.8 Å². The van der Waals surface area contributed by atoms with Crippen molar-refractivity contribution in [2.24, 2.45) is 5.92 Å². The Morgan fingerprint density at radius 1 is 0.964 bits per heavy atom. The van der Waals surface area contributed by atoms with Gasteiger partial charge in [-0.15, -0.1) is 22.7 Å². The first-order valence-electron chi connectivity index (χ1n) is 9.79. The predicted molar refractivity (Wildman–Crippen MR) is 126 cm³/mol. The molecule has 0 amide bonds. The lowest BCUT2D eigenvalue weighted by molar-refractivity contribution is 0.725. The molecule has 6 rings (SSSR count). The van der Waals surface area contributed by atoms with Gasteiger partial charge < -0.3 is 0 Å². The van der Waals surface area contributed by atoms with Gasteiger partial charge in [0.1, 0.15) is 0 Å². The number of benzene rings is 2. The van der Waals surface area contributed by atoms with Crippen LogP contribution in [0.15, 0.2) is 48.6 Å². The van der Waals surface area contributed by atoms with E-state index in [1.54, 1.807) is 10.4 Å². The van der Waals surface area contributed by atoms with E-state index >= 15 is 0 Å². The molecule has 2 aliphatic carbocycles. The Kier molecular flexibility index (Phi) is 3.84. The van der Waals surface area contributed by atoms with Gasteiger partial charge in [0.2, 0.25) is 0 Å². The summed E-state index contributed by atoms with van der Waals surface area (Å²) in [6.45, 7) is 2.31. The van der Waals surface area contributed by atoms with Crippen molar-refractivity contribution in [1.82, 2.24) is 0 Å². The third-order valence-corrected chi connectivity index (χ3v) is 8.74. The molecule has 1 unspecified atom stereocenters. The highest BCUT2D eigenvalue weighted by atomic mass is 35.5. The molecule has 0 N–H and O–H groups in total. The molecule has 3 heteroatoms. The number of thiophene rings is 2. The minimum atomic E-state index is 0.431. The summed E-state index contributed by atoms with van der Waals surface area (Å²) in [6, 6.07) is 13.2. The largest absolute Gasteiger partial charge is 0.140 e. The third-order valence-electron chi connectivity index (χ3n) is 6.06. The topological polar surface area (TPSA) is 0 Å². The first-order valence-corrected chi connectivity index (χ1v) is 11.8. The second-order valence-corrected chi connectivity index (χ2v) is 10.6. The Hall–Kier alpha value is -1.87. The Morgan fingerprint density at radius 3 is 2.82 bits per heavy atom. The molecule has 4 aromatic rings. The highest BCUT2D eigenvalue weighted by Crippen LogP contribution is 2.43. The highest BCUT2D eigenvalue weighted by Gasteiger charge is 2.25. The lowest BCUT2D eigenvalue weighted by atomic mass is 9.84. The van der Waals surface area contributed by atoms with Crippen molar-refractivity contribution in [2.45, 2.75) is 25.7 Å². The van der Waals surface area contributed by atoms with Crippen LogP contribution in [0.2, 0.25) is 5.02 Å². The van der Waals surface area contributed by atoms with Crippen molar-refractivity contribution >= 4 is 66.6 Å². The normalized spacial score (nSPS) is 20.6. The van der Waals surface area contributed by atoms with Gasteiger partial charge in [0.05, 0.1) is 0 Å². The van der Waals surface area contributed by atoms with E-state index in [2.05, 4.69) is 55.5 Å². The van der Waals surface area contributed by atoms with Crippen molar-refractivity contribution in [3.63, 3.8) is 0 Å². The zero-order valence-electron chi connectivity index (χ0n) is 15.5. The summed E-state index contributed by atoms with van der Waals surface area (Å²) in [5.41, 5.74) is 4.43. The van der Waals surface area contributed by atoms with Crippen molar-refractivity contribution in [3.8, 4) is 0 Å². The summed E-state index contributed by atoms with van der Waals surface area (Å²) >= 11 is 10.4. The highest BCUT2D eigenvalue weighted by molar-refractivity contribution is 7.26. The summed E-state index contributed by atoms with van der Waals surface area (Å²) in [5, 5.41) is 3.35. The molecule has 2 aliphatic rings. The molecule has 0 aliphatic heterocycles. The Bertz CT molecular complexity index is 1300. The summed E-state index contributed by atoms with van der Waals surface area (Å²) in [7, 11) is 0. The Morgan fingerprint density at radius 2 is 1.89 bits per heavy atom. The van der Waals surface area contributed by atoms with Crippen LogP contribution in [0, 0.1) is 5.92 Å². The molecule has 28 heavy (non-hydrogen) atoms. The molecule has 2 heterocycles. The van der Waals surface area contributed by atoms with E-state index in [1.165, 1.54) is 42.6 Å². The van der Waals surface area contributed by atoms with Gasteiger partial charge in [0, 0.05) is 40.9 Å². The van der Waals surface area contributed by atoms with Crippen LogP contribution in [0.1, 0.15) is 39.3 Å². The van der Waals surface area contributed by atoms with Crippen LogP contribution in [0.5, 0.6) is 0 Å². The molecule has 0 fully saturated rings. The number of fused-ring (bicyclic) bond motifs is 6. The van der Waals surface area contributed by atoms with Crippen LogP contribution < -0.4 is 0 Å². The van der Waals surface area contributed by atoms with Gasteiger partial charge in [0.15, 0.2) is 0 Å². The van der Waals surface area contributed by atoms with Crippen molar-refractivity contribution in [1.29, 1.82) is 0 Å². The van der Waals surface area contributed by atoms with E-state index in [-0.39, 0.29) is 0 Å². The fraction of sp³-hybridized carbons (Fsp3) is 0.200. The number of hydrogen-bond acceptors (Lipinski definition) is 2. The van der Waals surface area contributed by atoms with E-state index in [4.69, 9.17) is 11.6 Å². The van der Waals surface area contributed by atoms with Crippen LogP contribution in [-0.2, 0) is 12.8 Å². The number of halogens is 1. The van der Waals surface area contributed by atoms with Crippen LogP contribution in [-0.4, -0.2) is 0 Å². The quantitative estimate of drug-likeness (QED) is 0.291. The molecular formula is C25H19ClS2. The smallest absolute Gasteiger partial charge is 0.0499 e. The van der Waals surface area contributed by atoms with E-state index < -0.39 is 0 Å². The molecule has 0 bridgehead atoms. The average Bonchev–Trinajstić information content (AvgIpc) is 3.24. The standard InChI is InChI=1S/C25H19ClS2/c1-14-5-8-17-18-12-15(6-9-21(18)28-24(17)11-14)16-7-10-22-19(13-16)25-20(26)3-2-4-23(25)27-22/h2-10,13-15H,11-12H2,1H3/t14-,15?/m0/s1. The molecule has 2 atom stereocenters. The summed E-state index contributed by atoms with van der Waals surface area (Å²) in [4.78, 5) is 3.03. The van der Waals surface area contributed by atoms with Crippen molar-refractivity contribution in [2.75, 3.05) is 0 Å². The fourth-order valence-electron chi connectivity index (χ4n) is 4.61. The average molecular weight is 419 g/mol. The van der Waals surface area contributed by atoms with Gasteiger partial charge in [0.25, 0.3) is 0 Å². The zero-order valence-corrected chi connectivity index (χ0v) is 17.9. The van der Waals surface area contributed by atoms with Crippen molar-refractivity contribution < 1.29 is 0 Å². The minimum absolute atomic E-state index is 0.431. The monoisotopic (exact) mass is 418 g/mol. The molecular weight excluding hydrogens is 400 g/mol. The molecule has 0 saturated heterocycles. The van der Waals surface area contributed by atoms with Crippen molar-refractivity contribution in [3.05, 3.63) is 80.0 Å². The van der Waals surface area contributed by atoms with Gasteiger partial charge in [-0.3, -0.25) is 0 Å². The second-order valence-electron chi connectivity index (χ2n) is 7.96. The Labute approximate surface area is 177 Å². The summed E-state index contributed by atoms with van der Waals surface area (Å²) in [5.74, 6) is 1.09. The zero-order chi connectivity index (χ0) is 18.8. The minimum Gasteiger partial charge on any atom is -0.140 e. The van der Waals surface area contributed by atoms with E-state index in [9.17, 15) is 0 Å². The number of hydrogen-bond donors (Lipinski definition) is 0. The van der Waals surface area contributed by atoms with Crippen LogP contribution in [0.3, 0.4) is 0 Å². The van der Waals surface area contributed by atoms with Gasteiger partial charge in [-0.1, -0.05) is 48.9 Å². The molecule has 0 spiro atoms.